The zero-order valence-corrected chi connectivity index (χ0v) is 15.0. The van der Waals surface area contributed by atoms with Crippen LogP contribution in [0.4, 0.5) is 22.0 Å². The van der Waals surface area contributed by atoms with E-state index in [0.717, 1.165) is 18.2 Å². The van der Waals surface area contributed by atoms with Crippen LogP contribution >= 0.6 is 0 Å². The molecular formula is C19H18F5N3O2. The molecule has 0 spiro atoms. The predicted molar refractivity (Wildman–Crippen MR) is 93.8 cm³/mol. The van der Waals surface area contributed by atoms with Gasteiger partial charge in [-0.3, -0.25) is 15.6 Å². The van der Waals surface area contributed by atoms with Crippen molar-refractivity contribution in [3.63, 3.8) is 0 Å². The largest absolute Gasteiger partial charge is 0.416 e. The summed E-state index contributed by atoms with van der Waals surface area (Å²) < 4.78 is 68.4. The topological polar surface area (TPSA) is 73.4 Å². The Balaban J connectivity index is 1.90. The highest BCUT2D eigenvalue weighted by Crippen LogP contribution is 2.36. The third-order valence-electron chi connectivity index (χ3n) is 4.72. The third kappa shape index (κ3) is 4.55. The number of halogens is 5. The van der Waals surface area contributed by atoms with Crippen molar-refractivity contribution < 1.29 is 31.9 Å². The molecule has 1 aliphatic rings. The maximum atomic E-state index is 13.9. The SMILES string of the molecule is O=C(N[C@H](CO)c1c(F)cccc1F)c1ccc(C2CNNC2)c(C(F)(F)F)c1. The molecule has 29 heavy (non-hydrogen) atoms. The van der Waals surface area contributed by atoms with Crippen LogP contribution in [-0.2, 0) is 6.18 Å². The van der Waals surface area contributed by atoms with Gasteiger partial charge in [0.25, 0.3) is 5.91 Å². The molecule has 1 amide bonds. The summed E-state index contributed by atoms with van der Waals surface area (Å²) in [6, 6.07) is 4.70. The van der Waals surface area contributed by atoms with Crippen LogP contribution in [0.25, 0.3) is 0 Å². The summed E-state index contributed by atoms with van der Waals surface area (Å²) in [6.07, 6.45) is -4.69. The Morgan fingerprint density at radius 2 is 1.76 bits per heavy atom. The molecule has 1 saturated heterocycles. The van der Waals surface area contributed by atoms with E-state index in [2.05, 4.69) is 16.2 Å². The Morgan fingerprint density at radius 3 is 2.31 bits per heavy atom. The lowest BCUT2D eigenvalue weighted by Crippen LogP contribution is -2.32. The van der Waals surface area contributed by atoms with Crippen molar-refractivity contribution in [1.29, 1.82) is 0 Å². The van der Waals surface area contributed by atoms with Gasteiger partial charge >= 0.3 is 6.18 Å². The summed E-state index contributed by atoms with van der Waals surface area (Å²) in [5.41, 5.74) is 3.67. The average molecular weight is 415 g/mol. The minimum Gasteiger partial charge on any atom is -0.394 e. The molecule has 2 aromatic rings. The van der Waals surface area contributed by atoms with Crippen molar-refractivity contribution in [3.8, 4) is 0 Å². The molecule has 4 N–H and O–H groups in total. The van der Waals surface area contributed by atoms with Crippen molar-refractivity contribution >= 4 is 5.91 Å². The molecule has 0 saturated carbocycles. The Kier molecular flexibility index (Phi) is 6.15. The van der Waals surface area contributed by atoms with E-state index < -0.39 is 53.4 Å². The lowest BCUT2D eigenvalue weighted by atomic mass is 9.92. The Hall–Kier alpha value is -2.56. The second-order valence-electron chi connectivity index (χ2n) is 6.60. The van der Waals surface area contributed by atoms with Gasteiger partial charge in [-0.2, -0.15) is 13.2 Å². The van der Waals surface area contributed by atoms with Crippen molar-refractivity contribution in [1.82, 2.24) is 16.2 Å². The highest BCUT2D eigenvalue weighted by Gasteiger charge is 2.36. The van der Waals surface area contributed by atoms with Gasteiger partial charge in [-0.05, 0) is 29.8 Å². The van der Waals surface area contributed by atoms with Crippen LogP contribution in [0.3, 0.4) is 0 Å². The summed E-state index contributed by atoms with van der Waals surface area (Å²) in [4.78, 5) is 12.5. The molecule has 1 fully saturated rings. The number of hydrogen-bond acceptors (Lipinski definition) is 4. The van der Waals surface area contributed by atoms with E-state index in [-0.39, 0.29) is 11.1 Å². The normalized spacial score (nSPS) is 16.1. The number of amides is 1. The number of hydrogen-bond donors (Lipinski definition) is 4. The Morgan fingerprint density at radius 1 is 1.14 bits per heavy atom. The molecule has 5 nitrogen and oxygen atoms in total. The molecule has 156 valence electrons. The number of benzene rings is 2. The van der Waals surface area contributed by atoms with Crippen molar-refractivity contribution in [2.24, 2.45) is 0 Å². The van der Waals surface area contributed by atoms with Crippen molar-refractivity contribution in [3.05, 3.63) is 70.3 Å². The van der Waals surface area contributed by atoms with Crippen LogP contribution in [0.15, 0.2) is 36.4 Å². The quantitative estimate of drug-likeness (QED) is 0.567. The molecule has 0 aromatic heterocycles. The van der Waals surface area contributed by atoms with Gasteiger partial charge in [0, 0.05) is 30.1 Å². The van der Waals surface area contributed by atoms with Gasteiger partial charge in [-0.1, -0.05) is 12.1 Å². The number of aliphatic hydroxyl groups excluding tert-OH is 1. The smallest absolute Gasteiger partial charge is 0.394 e. The first kappa shape index (κ1) is 21.2. The van der Waals surface area contributed by atoms with Gasteiger partial charge in [0.15, 0.2) is 0 Å². The first-order valence-corrected chi connectivity index (χ1v) is 8.75. The molecule has 0 unspecified atom stereocenters. The number of hydrazine groups is 1. The van der Waals surface area contributed by atoms with Crippen LogP contribution in [0.2, 0.25) is 0 Å². The van der Waals surface area contributed by atoms with E-state index in [1.54, 1.807) is 0 Å². The van der Waals surface area contributed by atoms with Crippen LogP contribution < -0.4 is 16.2 Å². The first-order valence-electron chi connectivity index (χ1n) is 8.75. The van der Waals surface area contributed by atoms with E-state index in [4.69, 9.17) is 0 Å². The van der Waals surface area contributed by atoms with Gasteiger partial charge in [-0.15, -0.1) is 0 Å². The fourth-order valence-electron chi connectivity index (χ4n) is 3.28. The van der Waals surface area contributed by atoms with Gasteiger partial charge in [-0.25, -0.2) is 8.78 Å². The lowest BCUT2D eigenvalue weighted by Gasteiger charge is -2.20. The van der Waals surface area contributed by atoms with Gasteiger partial charge in [0.05, 0.1) is 18.2 Å². The molecule has 10 heteroatoms. The minimum atomic E-state index is -4.69. The highest BCUT2D eigenvalue weighted by molar-refractivity contribution is 5.94. The number of rotatable bonds is 5. The van der Waals surface area contributed by atoms with E-state index in [1.165, 1.54) is 12.1 Å². The van der Waals surface area contributed by atoms with Gasteiger partial charge in [0.2, 0.25) is 0 Å². The fourth-order valence-corrected chi connectivity index (χ4v) is 3.28. The zero-order valence-electron chi connectivity index (χ0n) is 15.0. The molecule has 1 aliphatic heterocycles. The van der Waals surface area contributed by atoms with Crippen LogP contribution in [0, 0.1) is 11.6 Å². The van der Waals surface area contributed by atoms with Gasteiger partial charge < -0.3 is 10.4 Å². The number of alkyl halides is 3. The molecule has 0 aliphatic carbocycles. The Labute approximate surface area is 162 Å². The van der Waals surface area contributed by atoms with Gasteiger partial charge in [0.1, 0.15) is 11.6 Å². The van der Waals surface area contributed by atoms with Crippen molar-refractivity contribution in [2.45, 2.75) is 18.1 Å². The summed E-state index contributed by atoms with van der Waals surface area (Å²) in [6.45, 7) is -0.241. The maximum absolute atomic E-state index is 13.9. The van der Waals surface area contributed by atoms with Crippen LogP contribution in [-0.4, -0.2) is 30.7 Å². The summed E-state index contributed by atoms with van der Waals surface area (Å²) in [5, 5.41) is 11.6. The highest BCUT2D eigenvalue weighted by atomic mass is 19.4. The third-order valence-corrected chi connectivity index (χ3v) is 4.72. The average Bonchev–Trinajstić information content (AvgIpc) is 3.20. The van der Waals surface area contributed by atoms with E-state index in [1.807, 2.05) is 0 Å². The molecule has 0 bridgehead atoms. The predicted octanol–water partition coefficient (Wildman–Crippen LogP) is 2.64. The number of aliphatic hydroxyl groups is 1. The summed E-state index contributed by atoms with van der Waals surface area (Å²) in [5.74, 6) is -3.40. The molecule has 0 radical (unpaired) electrons. The summed E-state index contributed by atoms with van der Waals surface area (Å²) >= 11 is 0. The second kappa shape index (κ2) is 8.44. The molecule has 1 atom stereocenters. The lowest BCUT2D eigenvalue weighted by molar-refractivity contribution is -0.138. The maximum Gasteiger partial charge on any atom is 0.416 e. The van der Waals surface area contributed by atoms with Crippen LogP contribution in [0.1, 0.15) is 39.0 Å². The molecule has 2 aromatic carbocycles. The Bertz CT molecular complexity index is 878. The van der Waals surface area contributed by atoms with E-state index >= 15 is 0 Å². The standard InChI is InChI=1S/C19H18F5N3O2/c20-14-2-1-3-15(21)17(14)16(9-28)27-18(29)10-4-5-12(11-7-25-26-8-11)13(6-10)19(22,23)24/h1-6,11,16,25-26,28H,7-9H2,(H,27,29)/t16-/m1/s1. The summed E-state index contributed by atoms with van der Waals surface area (Å²) in [7, 11) is 0. The number of nitrogens with one attached hydrogen (secondary N) is 3. The van der Waals surface area contributed by atoms with E-state index in [9.17, 15) is 31.9 Å². The minimum absolute atomic E-state index is 0.0328. The number of carbonyl (C=O) groups excluding carboxylic acids is 1. The number of carbonyl (C=O) groups is 1. The molecular weight excluding hydrogens is 397 g/mol. The second-order valence-corrected chi connectivity index (χ2v) is 6.60. The zero-order chi connectivity index (χ0) is 21.2. The molecule has 3 rings (SSSR count). The van der Waals surface area contributed by atoms with Crippen LogP contribution in [0.5, 0.6) is 0 Å². The first-order chi connectivity index (χ1) is 13.7. The van der Waals surface area contributed by atoms with Crippen molar-refractivity contribution in [2.75, 3.05) is 19.7 Å². The fraction of sp³-hybridized carbons (Fsp3) is 0.316. The van der Waals surface area contributed by atoms with E-state index in [0.29, 0.717) is 19.2 Å². The monoisotopic (exact) mass is 415 g/mol. The molecule has 1 heterocycles.